The number of hydrogen-bond donors (Lipinski definition) is 0. The molecule has 0 aliphatic carbocycles. The van der Waals surface area contributed by atoms with E-state index in [0.717, 1.165) is 34.8 Å². The van der Waals surface area contributed by atoms with Crippen LogP contribution in [0.1, 0.15) is 17.0 Å². The molecule has 7 nitrogen and oxygen atoms in total. The van der Waals surface area contributed by atoms with E-state index in [-0.39, 0.29) is 37.0 Å². The first-order chi connectivity index (χ1) is 16.2. The minimum absolute atomic E-state index is 0.0604. The SMILES string of the molecule is Cc1nn(-c2ccccc2)c(C)c1/C=C/C(=O)N1CCN(S(=O)(=O)c2ccc(F)c(F)c2)CC1. The molecule has 3 aromatic rings. The molecule has 1 aromatic heterocycles. The van der Waals surface area contributed by atoms with Crippen molar-refractivity contribution in [2.75, 3.05) is 26.2 Å². The summed E-state index contributed by atoms with van der Waals surface area (Å²) in [6, 6.07) is 12.2. The van der Waals surface area contributed by atoms with Gasteiger partial charge < -0.3 is 4.90 Å². The second-order valence-electron chi connectivity index (χ2n) is 7.97. The minimum Gasteiger partial charge on any atom is -0.337 e. The van der Waals surface area contributed by atoms with Crippen molar-refractivity contribution in [1.82, 2.24) is 19.0 Å². The molecule has 1 saturated heterocycles. The molecule has 34 heavy (non-hydrogen) atoms. The molecule has 0 atom stereocenters. The van der Waals surface area contributed by atoms with E-state index in [2.05, 4.69) is 5.10 Å². The summed E-state index contributed by atoms with van der Waals surface area (Å²) in [5.74, 6) is -2.57. The Kier molecular flexibility index (Phi) is 6.63. The number of para-hydroxylation sites is 1. The Balaban J connectivity index is 1.42. The number of benzene rings is 2. The molecule has 1 aliphatic rings. The molecule has 2 aromatic carbocycles. The van der Waals surface area contributed by atoms with Gasteiger partial charge in [-0.15, -0.1) is 0 Å². The molecule has 1 fully saturated rings. The number of halogens is 2. The van der Waals surface area contributed by atoms with Crippen LogP contribution in [0.4, 0.5) is 8.78 Å². The average Bonchev–Trinajstić information content (AvgIpc) is 3.13. The van der Waals surface area contributed by atoms with E-state index in [1.54, 1.807) is 11.0 Å². The molecule has 0 N–H and O–H groups in total. The highest BCUT2D eigenvalue weighted by molar-refractivity contribution is 7.89. The van der Waals surface area contributed by atoms with Crippen LogP contribution in [-0.2, 0) is 14.8 Å². The molecule has 1 amide bonds. The molecule has 0 saturated carbocycles. The maximum Gasteiger partial charge on any atom is 0.246 e. The summed E-state index contributed by atoms with van der Waals surface area (Å²) in [5.41, 5.74) is 3.45. The predicted molar refractivity (Wildman–Crippen MR) is 124 cm³/mol. The van der Waals surface area contributed by atoms with Crippen LogP contribution < -0.4 is 0 Å². The lowest BCUT2D eigenvalue weighted by atomic mass is 10.1. The first kappa shape index (κ1) is 23.8. The van der Waals surface area contributed by atoms with Gasteiger partial charge in [0.1, 0.15) is 0 Å². The Bertz CT molecular complexity index is 1350. The molecule has 0 bridgehead atoms. The zero-order valence-corrected chi connectivity index (χ0v) is 19.6. The van der Waals surface area contributed by atoms with Crippen molar-refractivity contribution in [3.63, 3.8) is 0 Å². The average molecular weight is 487 g/mol. The highest BCUT2D eigenvalue weighted by Crippen LogP contribution is 2.21. The quantitative estimate of drug-likeness (QED) is 0.519. The molecule has 0 unspecified atom stereocenters. The van der Waals surface area contributed by atoms with Crippen molar-refractivity contribution in [1.29, 1.82) is 0 Å². The molecular weight excluding hydrogens is 462 g/mol. The van der Waals surface area contributed by atoms with Gasteiger partial charge >= 0.3 is 0 Å². The molecule has 0 radical (unpaired) electrons. The number of piperazine rings is 1. The molecule has 1 aliphatic heterocycles. The summed E-state index contributed by atoms with van der Waals surface area (Å²) in [5, 5.41) is 4.57. The zero-order chi connectivity index (χ0) is 24.5. The third-order valence-electron chi connectivity index (χ3n) is 5.82. The second-order valence-corrected chi connectivity index (χ2v) is 9.91. The lowest BCUT2D eigenvalue weighted by Gasteiger charge is -2.33. The molecule has 10 heteroatoms. The monoisotopic (exact) mass is 486 g/mol. The number of sulfonamides is 1. The lowest BCUT2D eigenvalue weighted by molar-refractivity contribution is -0.127. The van der Waals surface area contributed by atoms with Gasteiger partial charge in [0, 0.05) is 43.5 Å². The van der Waals surface area contributed by atoms with Gasteiger partial charge in [-0.3, -0.25) is 4.79 Å². The Morgan fingerprint density at radius 3 is 2.29 bits per heavy atom. The number of aryl methyl sites for hydroxylation is 1. The van der Waals surface area contributed by atoms with E-state index >= 15 is 0 Å². The molecule has 2 heterocycles. The van der Waals surface area contributed by atoms with Crippen molar-refractivity contribution >= 4 is 22.0 Å². The lowest BCUT2D eigenvalue weighted by Crippen LogP contribution is -2.50. The van der Waals surface area contributed by atoms with E-state index in [9.17, 15) is 22.0 Å². The van der Waals surface area contributed by atoms with E-state index in [1.165, 1.54) is 10.4 Å². The van der Waals surface area contributed by atoms with Crippen LogP contribution in [0.3, 0.4) is 0 Å². The van der Waals surface area contributed by atoms with Gasteiger partial charge in [0.25, 0.3) is 0 Å². The zero-order valence-electron chi connectivity index (χ0n) is 18.8. The molecule has 178 valence electrons. The van der Waals surface area contributed by atoms with Crippen LogP contribution in [-0.4, -0.2) is 59.5 Å². The number of amides is 1. The van der Waals surface area contributed by atoms with Crippen molar-refractivity contribution in [2.45, 2.75) is 18.7 Å². The van der Waals surface area contributed by atoms with Gasteiger partial charge in [0.15, 0.2) is 11.6 Å². The minimum atomic E-state index is -3.98. The first-order valence-electron chi connectivity index (χ1n) is 10.7. The predicted octanol–water partition coefficient (Wildman–Crippen LogP) is 3.31. The summed E-state index contributed by atoms with van der Waals surface area (Å²) in [6.45, 7) is 4.30. The number of hydrogen-bond acceptors (Lipinski definition) is 4. The normalized spacial score (nSPS) is 15.2. The van der Waals surface area contributed by atoms with Crippen molar-refractivity contribution in [3.05, 3.63) is 83.2 Å². The number of rotatable bonds is 5. The van der Waals surface area contributed by atoms with Crippen molar-refractivity contribution in [2.24, 2.45) is 0 Å². The number of carbonyl (C=O) groups excluding carboxylic acids is 1. The molecule has 4 rings (SSSR count). The molecular formula is C24H24F2N4O3S. The smallest absolute Gasteiger partial charge is 0.246 e. The first-order valence-corrected chi connectivity index (χ1v) is 12.2. The summed E-state index contributed by atoms with van der Waals surface area (Å²) < 4.78 is 55.1. The van der Waals surface area contributed by atoms with Gasteiger partial charge in [-0.1, -0.05) is 18.2 Å². The van der Waals surface area contributed by atoms with Crippen LogP contribution in [0.25, 0.3) is 11.8 Å². The number of aromatic nitrogens is 2. The highest BCUT2D eigenvalue weighted by atomic mass is 32.2. The van der Waals surface area contributed by atoms with E-state index < -0.39 is 21.7 Å². The Morgan fingerprint density at radius 1 is 0.971 bits per heavy atom. The van der Waals surface area contributed by atoms with Crippen LogP contribution in [0.2, 0.25) is 0 Å². The number of nitrogens with zero attached hydrogens (tertiary/aromatic N) is 4. The van der Waals surface area contributed by atoms with Crippen LogP contribution >= 0.6 is 0 Å². The van der Waals surface area contributed by atoms with Crippen molar-refractivity contribution in [3.8, 4) is 5.69 Å². The largest absolute Gasteiger partial charge is 0.337 e. The standard InChI is InChI=1S/C24H24F2N4O3S/c1-17-21(18(2)30(27-17)19-6-4-3-5-7-19)9-11-24(31)28-12-14-29(15-13-28)34(32,33)20-8-10-22(25)23(26)16-20/h3-11,16H,12-15H2,1-2H3/b11-9+. The fourth-order valence-corrected chi connectivity index (χ4v) is 5.35. The topological polar surface area (TPSA) is 75.5 Å². The van der Waals surface area contributed by atoms with Crippen LogP contribution in [0.15, 0.2) is 59.5 Å². The van der Waals surface area contributed by atoms with Gasteiger partial charge in [-0.2, -0.15) is 9.40 Å². The van der Waals surface area contributed by atoms with Crippen LogP contribution in [0, 0.1) is 25.5 Å². The van der Waals surface area contributed by atoms with Gasteiger partial charge in [-0.05, 0) is 50.3 Å². The third kappa shape index (κ3) is 4.64. The van der Waals surface area contributed by atoms with E-state index in [4.69, 9.17) is 0 Å². The summed E-state index contributed by atoms with van der Waals surface area (Å²) in [7, 11) is -3.98. The maximum absolute atomic E-state index is 13.5. The summed E-state index contributed by atoms with van der Waals surface area (Å²) in [6.07, 6.45) is 3.19. The second kappa shape index (κ2) is 9.47. The van der Waals surface area contributed by atoms with Gasteiger partial charge in [0.05, 0.1) is 16.3 Å². The Labute approximate surface area is 197 Å². The third-order valence-corrected chi connectivity index (χ3v) is 7.71. The van der Waals surface area contributed by atoms with Gasteiger partial charge in [0.2, 0.25) is 15.9 Å². The van der Waals surface area contributed by atoms with E-state index in [0.29, 0.717) is 6.07 Å². The summed E-state index contributed by atoms with van der Waals surface area (Å²) >= 11 is 0. The highest BCUT2D eigenvalue weighted by Gasteiger charge is 2.30. The Morgan fingerprint density at radius 2 is 1.65 bits per heavy atom. The summed E-state index contributed by atoms with van der Waals surface area (Å²) in [4.78, 5) is 14.0. The Hall–Kier alpha value is -3.37. The maximum atomic E-state index is 13.5. The number of carbonyl (C=O) groups is 1. The fraction of sp³-hybridized carbons (Fsp3) is 0.250. The van der Waals surface area contributed by atoms with E-state index in [1.807, 2.05) is 48.9 Å². The van der Waals surface area contributed by atoms with Crippen LogP contribution in [0.5, 0.6) is 0 Å². The molecule has 0 spiro atoms. The van der Waals surface area contributed by atoms with Crippen molar-refractivity contribution < 1.29 is 22.0 Å². The van der Waals surface area contributed by atoms with Gasteiger partial charge in [-0.25, -0.2) is 21.9 Å². The fourth-order valence-electron chi connectivity index (χ4n) is 3.91.